The molecular formula is C16H26N4O10P2. The maximum atomic E-state index is 12.3. The molecule has 2 aromatic rings. The highest BCUT2D eigenvalue weighted by molar-refractivity contribution is 7.60. The van der Waals surface area contributed by atoms with Crippen LogP contribution in [0.15, 0.2) is 17.2 Å². The van der Waals surface area contributed by atoms with Gasteiger partial charge < -0.3 is 35.2 Å². The molecular weight excluding hydrogens is 470 g/mol. The highest BCUT2D eigenvalue weighted by atomic mass is 31.3. The van der Waals surface area contributed by atoms with E-state index < -0.39 is 52.2 Å². The number of aromatic amines is 1. The van der Waals surface area contributed by atoms with E-state index in [0.29, 0.717) is 23.9 Å². The van der Waals surface area contributed by atoms with Gasteiger partial charge in [-0.2, -0.15) is 4.57 Å². The molecule has 0 spiro atoms. The summed E-state index contributed by atoms with van der Waals surface area (Å²) in [5.41, 5.74) is 6.02. The topological polar surface area (TPSA) is 213 Å². The van der Waals surface area contributed by atoms with E-state index in [1.165, 1.54) is 15.2 Å². The molecule has 180 valence electrons. The Morgan fingerprint density at radius 1 is 1.41 bits per heavy atom. The fraction of sp³-hybridized carbons (Fsp3) is 0.625. The third-order valence-electron chi connectivity index (χ3n) is 5.23. The molecule has 2 aromatic heterocycles. The number of phosphoric acid groups is 2. The number of phosphoric ester groups is 1. The molecule has 2 unspecified atom stereocenters. The summed E-state index contributed by atoms with van der Waals surface area (Å²) in [5, 5.41) is 11.0. The molecule has 0 aromatic carbocycles. The number of hydrogen-bond acceptors (Lipinski definition) is 9. The summed E-state index contributed by atoms with van der Waals surface area (Å²) in [4.78, 5) is 43.7. The lowest BCUT2D eigenvalue weighted by atomic mass is 9.92. The number of pyridine rings is 1. The average molecular weight is 496 g/mol. The van der Waals surface area contributed by atoms with E-state index >= 15 is 0 Å². The molecule has 6 N–H and O–H groups in total. The van der Waals surface area contributed by atoms with Gasteiger partial charge in [0.2, 0.25) is 18.1 Å². The normalized spacial score (nSPS) is 27.4. The Bertz CT molecular complexity index is 1130. The van der Waals surface area contributed by atoms with E-state index in [2.05, 4.69) is 9.29 Å². The van der Waals surface area contributed by atoms with Crippen LogP contribution in [0.1, 0.15) is 32.4 Å². The van der Waals surface area contributed by atoms with Gasteiger partial charge in [-0.05, 0) is 6.42 Å². The van der Waals surface area contributed by atoms with Gasteiger partial charge >= 0.3 is 13.4 Å². The number of imidazole rings is 1. The summed E-state index contributed by atoms with van der Waals surface area (Å²) in [6.07, 6.45) is 0.546. The molecule has 1 saturated heterocycles. The van der Waals surface area contributed by atoms with Gasteiger partial charge in [0.1, 0.15) is 11.9 Å². The summed E-state index contributed by atoms with van der Waals surface area (Å²) < 4.78 is 39.9. The maximum absolute atomic E-state index is 12.3. The second-order valence-corrected chi connectivity index (χ2v) is 10.4. The van der Waals surface area contributed by atoms with Crippen molar-refractivity contribution < 1.29 is 47.1 Å². The molecule has 0 bridgehead atoms. The Morgan fingerprint density at radius 3 is 2.72 bits per heavy atom. The molecule has 1 fully saturated rings. The van der Waals surface area contributed by atoms with E-state index in [4.69, 9.17) is 19.9 Å². The standard InChI is InChI=1S/C16H26N4O10P2/c1-3-4-5-9-11(7-28-32(26,27)30-31(23,24)25)29-16(14(9)21)20-8-19(2)13-10(20)6-12(17)18-15(13)22/h6,8-9,11,14,16,21H,3-5,7H2,1-2H3,(H5-,17,18,22,23,24,25,26,27)/t9-,11-,14-,16-/m1/s1. The van der Waals surface area contributed by atoms with Crippen LogP contribution >= 0.6 is 15.6 Å². The number of fused-ring (bicyclic) bond motifs is 1. The first-order valence-corrected chi connectivity index (χ1v) is 12.8. The summed E-state index contributed by atoms with van der Waals surface area (Å²) >= 11 is 0. The third-order valence-corrected chi connectivity index (χ3v) is 7.36. The lowest BCUT2D eigenvalue weighted by Crippen LogP contribution is -2.31. The van der Waals surface area contributed by atoms with Crippen molar-refractivity contribution >= 4 is 32.5 Å². The minimum absolute atomic E-state index is 0.113. The minimum Gasteiger partial charge on any atom is -0.756 e. The maximum Gasteiger partial charge on any atom is 0.478 e. The second kappa shape index (κ2) is 9.34. The molecule has 1 aliphatic heterocycles. The van der Waals surface area contributed by atoms with E-state index in [1.54, 1.807) is 13.4 Å². The zero-order chi connectivity index (χ0) is 23.8. The number of unbranched alkanes of at least 4 members (excludes halogenated alkanes) is 1. The average Bonchev–Trinajstić information content (AvgIpc) is 3.13. The van der Waals surface area contributed by atoms with Gasteiger partial charge in [0, 0.05) is 12.0 Å². The van der Waals surface area contributed by atoms with Crippen molar-refractivity contribution in [2.45, 2.75) is 44.6 Å². The summed E-state index contributed by atoms with van der Waals surface area (Å²) in [6, 6.07) is 1.51. The lowest BCUT2D eigenvalue weighted by Gasteiger charge is -2.22. The number of ether oxygens (including phenoxy) is 1. The van der Waals surface area contributed by atoms with Crippen LogP contribution in [-0.2, 0) is 29.7 Å². The van der Waals surface area contributed by atoms with Crippen LogP contribution in [0.25, 0.3) is 11.0 Å². The first-order chi connectivity index (χ1) is 14.8. The lowest BCUT2D eigenvalue weighted by molar-refractivity contribution is -0.646. The fourth-order valence-corrected chi connectivity index (χ4v) is 5.48. The molecule has 0 aliphatic carbocycles. The molecule has 0 amide bonds. The van der Waals surface area contributed by atoms with E-state index in [9.17, 15) is 28.8 Å². The Labute approximate surface area is 182 Å². The number of aryl methyl sites for hydroxylation is 1. The van der Waals surface area contributed by atoms with Crippen molar-refractivity contribution in [1.29, 1.82) is 0 Å². The zero-order valence-electron chi connectivity index (χ0n) is 17.4. The third kappa shape index (κ3) is 5.48. The van der Waals surface area contributed by atoms with Crippen LogP contribution in [0.4, 0.5) is 5.82 Å². The van der Waals surface area contributed by atoms with Gasteiger partial charge in [-0.1, -0.05) is 19.8 Å². The number of nitrogen functional groups attached to an aromatic ring is 1. The Balaban J connectivity index is 1.90. The molecule has 0 saturated carbocycles. The zero-order valence-corrected chi connectivity index (χ0v) is 19.1. The van der Waals surface area contributed by atoms with Gasteiger partial charge in [-0.25, -0.2) is 13.4 Å². The van der Waals surface area contributed by atoms with Crippen LogP contribution in [0.5, 0.6) is 0 Å². The Morgan fingerprint density at radius 2 is 2.09 bits per heavy atom. The van der Waals surface area contributed by atoms with Crippen molar-refractivity contribution in [1.82, 2.24) is 9.55 Å². The molecule has 6 atom stereocenters. The van der Waals surface area contributed by atoms with E-state index in [1.807, 2.05) is 6.92 Å². The number of anilines is 1. The highest BCUT2D eigenvalue weighted by Crippen LogP contribution is 2.56. The predicted octanol–water partition coefficient (Wildman–Crippen LogP) is -0.605. The molecule has 0 radical (unpaired) electrons. The number of nitrogens with one attached hydrogen (secondary N) is 1. The van der Waals surface area contributed by atoms with Crippen molar-refractivity contribution in [3.8, 4) is 0 Å². The number of nitrogens with two attached hydrogens (primary N) is 1. The van der Waals surface area contributed by atoms with Crippen molar-refractivity contribution in [3.63, 3.8) is 0 Å². The number of aliphatic hydroxyl groups is 1. The Kier molecular flexibility index (Phi) is 7.30. The number of hydrogen-bond donors (Lipinski definition) is 5. The van der Waals surface area contributed by atoms with Crippen LogP contribution in [0, 0.1) is 5.92 Å². The second-order valence-electron chi connectivity index (χ2n) is 7.60. The molecule has 32 heavy (non-hydrogen) atoms. The van der Waals surface area contributed by atoms with Crippen LogP contribution < -0.4 is 20.8 Å². The molecule has 16 heteroatoms. The van der Waals surface area contributed by atoms with Gasteiger partial charge in [-0.3, -0.25) is 13.9 Å². The van der Waals surface area contributed by atoms with Gasteiger partial charge in [0.25, 0.3) is 7.82 Å². The van der Waals surface area contributed by atoms with Crippen molar-refractivity contribution in [3.05, 3.63) is 22.7 Å². The van der Waals surface area contributed by atoms with E-state index in [0.717, 1.165) is 6.42 Å². The van der Waals surface area contributed by atoms with E-state index in [-0.39, 0.29) is 5.82 Å². The first kappa shape index (κ1) is 25.0. The number of nitrogens with zero attached hydrogens (tertiary/aromatic N) is 2. The van der Waals surface area contributed by atoms with Gasteiger partial charge in [0.05, 0.1) is 19.8 Å². The molecule has 3 heterocycles. The minimum atomic E-state index is -5.52. The van der Waals surface area contributed by atoms with Crippen LogP contribution in [0.3, 0.4) is 0 Å². The number of H-pyrrole nitrogens is 1. The monoisotopic (exact) mass is 496 g/mol. The van der Waals surface area contributed by atoms with Crippen LogP contribution in [0.2, 0.25) is 0 Å². The van der Waals surface area contributed by atoms with Crippen molar-refractivity contribution in [2.75, 3.05) is 12.3 Å². The number of rotatable bonds is 9. The predicted molar refractivity (Wildman–Crippen MR) is 108 cm³/mol. The summed E-state index contributed by atoms with van der Waals surface area (Å²) in [6.45, 7) is 1.35. The van der Waals surface area contributed by atoms with Crippen molar-refractivity contribution in [2.24, 2.45) is 13.0 Å². The number of aliphatic hydroxyl groups excluding tert-OH is 1. The van der Waals surface area contributed by atoms with Gasteiger partial charge in [-0.15, -0.1) is 0 Å². The largest absolute Gasteiger partial charge is 0.756 e. The molecule has 14 nitrogen and oxygen atoms in total. The highest BCUT2D eigenvalue weighted by Gasteiger charge is 2.48. The van der Waals surface area contributed by atoms with Gasteiger partial charge in [0.15, 0.2) is 5.52 Å². The molecule has 3 rings (SSSR count). The first-order valence-electron chi connectivity index (χ1n) is 9.78. The molecule has 1 aliphatic rings. The Hall–Kier alpha value is -1.60. The summed E-state index contributed by atoms with van der Waals surface area (Å²) in [5.74, 6) is -0.433. The summed E-state index contributed by atoms with van der Waals surface area (Å²) in [7, 11) is -9.02. The van der Waals surface area contributed by atoms with Crippen LogP contribution in [-0.4, -0.2) is 43.3 Å². The SMILES string of the molecule is CCCC[C@H]1[C@@H](O)[C@H](n2c[n+](C)c3c(=O)[nH]c(N)cc32)O[C@@H]1COP(=O)(O)OP(=O)([O-])O. The smallest absolute Gasteiger partial charge is 0.478 e. The number of aromatic nitrogens is 3. The quantitative estimate of drug-likeness (QED) is 0.218. The fourth-order valence-electron chi connectivity index (χ4n) is 3.91.